The van der Waals surface area contributed by atoms with E-state index in [4.69, 9.17) is 0 Å². The molecule has 0 aliphatic heterocycles. The van der Waals surface area contributed by atoms with E-state index < -0.39 is 0 Å². The second kappa shape index (κ2) is 8.50. The first-order valence-corrected chi connectivity index (χ1v) is 8.57. The molecule has 1 aromatic rings. The van der Waals surface area contributed by atoms with Crippen LogP contribution in [0.2, 0.25) is 0 Å². The Morgan fingerprint density at radius 2 is 2.05 bits per heavy atom. The van der Waals surface area contributed by atoms with Gasteiger partial charge in [0.05, 0.1) is 5.69 Å². The summed E-state index contributed by atoms with van der Waals surface area (Å²) in [5, 5.41) is 3.35. The van der Waals surface area contributed by atoms with E-state index in [1.807, 2.05) is 6.20 Å². The summed E-state index contributed by atoms with van der Waals surface area (Å²) in [6, 6.07) is 5.19. The van der Waals surface area contributed by atoms with Crippen LogP contribution in [0, 0.1) is 5.92 Å². The van der Waals surface area contributed by atoms with E-state index in [0.717, 1.165) is 31.6 Å². The largest absolute Gasteiger partial charge is 0.313 e. The maximum Gasteiger partial charge on any atom is 0.0544 e. The van der Waals surface area contributed by atoms with Gasteiger partial charge in [-0.3, -0.25) is 9.88 Å². The van der Waals surface area contributed by atoms with Crippen molar-refractivity contribution in [3.63, 3.8) is 0 Å². The molecule has 0 saturated heterocycles. The third-order valence-electron chi connectivity index (χ3n) is 4.27. The molecule has 1 N–H and O–H groups in total. The van der Waals surface area contributed by atoms with E-state index in [1.54, 1.807) is 0 Å². The van der Waals surface area contributed by atoms with Crippen LogP contribution in [0.25, 0.3) is 0 Å². The Morgan fingerprint density at radius 3 is 2.62 bits per heavy atom. The van der Waals surface area contributed by atoms with Crippen molar-refractivity contribution in [2.75, 3.05) is 13.1 Å². The van der Waals surface area contributed by atoms with Gasteiger partial charge in [-0.1, -0.05) is 39.7 Å². The van der Waals surface area contributed by atoms with Crippen molar-refractivity contribution in [3.8, 4) is 0 Å². The lowest BCUT2D eigenvalue weighted by Gasteiger charge is -2.30. The van der Waals surface area contributed by atoms with Gasteiger partial charge >= 0.3 is 0 Å². The zero-order chi connectivity index (χ0) is 15.1. The molecule has 0 radical (unpaired) electrons. The van der Waals surface area contributed by atoms with Crippen LogP contribution in [0.5, 0.6) is 0 Å². The molecule has 1 saturated carbocycles. The predicted molar refractivity (Wildman–Crippen MR) is 89.1 cm³/mol. The second-order valence-electron chi connectivity index (χ2n) is 6.70. The molecule has 1 heterocycles. The molecule has 0 aromatic carbocycles. The van der Waals surface area contributed by atoms with Gasteiger partial charge in [-0.05, 0) is 36.9 Å². The molecule has 1 fully saturated rings. The van der Waals surface area contributed by atoms with Gasteiger partial charge in [-0.15, -0.1) is 0 Å². The highest BCUT2D eigenvalue weighted by atomic mass is 15.2. The third-order valence-corrected chi connectivity index (χ3v) is 4.27. The summed E-state index contributed by atoms with van der Waals surface area (Å²) < 4.78 is 0. The normalized spacial score (nSPS) is 16.2. The van der Waals surface area contributed by atoms with Gasteiger partial charge in [0.25, 0.3) is 0 Å². The van der Waals surface area contributed by atoms with E-state index in [-0.39, 0.29) is 0 Å². The number of rotatable bonds is 8. The van der Waals surface area contributed by atoms with Crippen LogP contribution < -0.4 is 5.32 Å². The number of hydrogen-bond acceptors (Lipinski definition) is 3. The first-order chi connectivity index (χ1) is 10.2. The molecular formula is C18H31N3. The maximum absolute atomic E-state index is 4.67. The van der Waals surface area contributed by atoms with E-state index in [0.29, 0.717) is 0 Å². The predicted octanol–water partition coefficient (Wildman–Crippen LogP) is 3.59. The molecule has 1 aliphatic rings. The van der Waals surface area contributed by atoms with Crippen molar-refractivity contribution in [2.45, 2.75) is 65.6 Å². The Morgan fingerprint density at radius 1 is 1.29 bits per heavy atom. The van der Waals surface area contributed by atoms with Crippen LogP contribution in [-0.4, -0.2) is 29.0 Å². The quantitative estimate of drug-likeness (QED) is 0.792. The van der Waals surface area contributed by atoms with Gasteiger partial charge in [0.1, 0.15) is 0 Å². The smallest absolute Gasteiger partial charge is 0.0544 e. The molecular weight excluding hydrogens is 258 g/mol. The molecule has 3 nitrogen and oxygen atoms in total. The molecule has 0 amide bonds. The lowest BCUT2D eigenvalue weighted by atomic mass is 10.1. The highest BCUT2D eigenvalue weighted by Gasteiger charge is 2.23. The Balaban J connectivity index is 1.95. The summed E-state index contributed by atoms with van der Waals surface area (Å²) in [5.74, 6) is 0.721. The molecule has 1 aliphatic carbocycles. The van der Waals surface area contributed by atoms with Gasteiger partial charge in [0.15, 0.2) is 0 Å². The van der Waals surface area contributed by atoms with Crippen LogP contribution in [-0.2, 0) is 13.1 Å². The summed E-state index contributed by atoms with van der Waals surface area (Å²) in [6.07, 6.45) is 7.55. The monoisotopic (exact) mass is 289 g/mol. The van der Waals surface area contributed by atoms with Crippen molar-refractivity contribution in [3.05, 3.63) is 29.6 Å². The molecule has 2 rings (SSSR count). The van der Waals surface area contributed by atoms with Gasteiger partial charge in [-0.2, -0.15) is 0 Å². The molecule has 1 aromatic heterocycles. The molecule has 118 valence electrons. The van der Waals surface area contributed by atoms with Gasteiger partial charge in [0, 0.05) is 31.9 Å². The van der Waals surface area contributed by atoms with E-state index in [2.05, 4.69) is 48.1 Å². The fraction of sp³-hybridized carbons (Fsp3) is 0.722. The van der Waals surface area contributed by atoms with Crippen molar-refractivity contribution < 1.29 is 0 Å². The standard InChI is InChI=1S/C18H31N3/c1-4-19-11-16-9-10-17(20-12-16)14-21(13-15(2)3)18-7-5-6-8-18/h9-10,12,15,18-19H,4-8,11,13-14H2,1-3H3. The Hall–Kier alpha value is -0.930. The van der Waals surface area contributed by atoms with E-state index in [1.165, 1.54) is 43.5 Å². The SMILES string of the molecule is CCNCc1ccc(CN(CC(C)C)C2CCCC2)nc1. The minimum Gasteiger partial charge on any atom is -0.313 e. The number of aromatic nitrogens is 1. The average molecular weight is 289 g/mol. The van der Waals surface area contributed by atoms with E-state index in [9.17, 15) is 0 Å². The zero-order valence-electron chi connectivity index (χ0n) is 13.9. The van der Waals surface area contributed by atoms with Crippen molar-refractivity contribution in [2.24, 2.45) is 5.92 Å². The molecule has 3 heteroatoms. The van der Waals surface area contributed by atoms with Gasteiger partial charge in [0.2, 0.25) is 0 Å². The van der Waals surface area contributed by atoms with Gasteiger partial charge < -0.3 is 5.32 Å². The Kier molecular flexibility index (Phi) is 6.65. The number of nitrogens with zero attached hydrogens (tertiary/aromatic N) is 2. The fourth-order valence-electron chi connectivity index (χ4n) is 3.21. The van der Waals surface area contributed by atoms with Crippen molar-refractivity contribution in [1.29, 1.82) is 0 Å². The Labute approximate surface area is 130 Å². The van der Waals surface area contributed by atoms with Crippen LogP contribution in [0.3, 0.4) is 0 Å². The summed E-state index contributed by atoms with van der Waals surface area (Å²) in [7, 11) is 0. The van der Waals surface area contributed by atoms with Crippen molar-refractivity contribution >= 4 is 0 Å². The van der Waals surface area contributed by atoms with Crippen molar-refractivity contribution in [1.82, 2.24) is 15.2 Å². The number of hydrogen-bond donors (Lipinski definition) is 1. The average Bonchev–Trinajstić information content (AvgIpc) is 2.99. The highest BCUT2D eigenvalue weighted by molar-refractivity contribution is 5.14. The summed E-state index contributed by atoms with van der Waals surface area (Å²) in [5.41, 5.74) is 2.49. The number of pyridine rings is 1. The molecule has 0 bridgehead atoms. The maximum atomic E-state index is 4.67. The summed E-state index contributed by atoms with van der Waals surface area (Å²) in [6.45, 7) is 10.9. The topological polar surface area (TPSA) is 28.2 Å². The van der Waals surface area contributed by atoms with Gasteiger partial charge in [-0.25, -0.2) is 0 Å². The Bertz CT molecular complexity index is 393. The molecule has 0 spiro atoms. The van der Waals surface area contributed by atoms with Crippen LogP contribution in [0.1, 0.15) is 57.7 Å². The molecule has 0 atom stereocenters. The summed E-state index contributed by atoms with van der Waals surface area (Å²) in [4.78, 5) is 7.33. The van der Waals surface area contributed by atoms with Crippen LogP contribution in [0.4, 0.5) is 0 Å². The second-order valence-corrected chi connectivity index (χ2v) is 6.70. The summed E-state index contributed by atoms with van der Waals surface area (Å²) >= 11 is 0. The lowest BCUT2D eigenvalue weighted by molar-refractivity contribution is 0.166. The van der Waals surface area contributed by atoms with Crippen LogP contribution >= 0.6 is 0 Å². The minimum absolute atomic E-state index is 0.721. The molecule has 0 unspecified atom stereocenters. The lowest BCUT2D eigenvalue weighted by Crippen LogP contribution is -2.35. The third kappa shape index (κ3) is 5.40. The fourth-order valence-corrected chi connectivity index (χ4v) is 3.21. The van der Waals surface area contributed by atoms with E-state index >= 15 is 0 Å². The number of nitrogens with one attached hydrogen (secondary N) is 1. The first kappa shape index (κ1) is 16.4. The highest BCUT2D eigenvalue weighted by Crippen LogP contribution is 2.25. The molecule has 21 heavy (non-hydrogen) atoms. The minimum atomic E-state index is 0.721. The first-order valence-electron chi connectivity index (χ1n) is 8.57. The van der Waals surface area contributed by atoms with Crippen LogP contribution in [0.15, 0.2) is 18.3 Å². The zero-order valence-corrected chi connectivity index (χ0v) is 13.9.